The first-order valence-electron chi connectivity index (χ1n) is 16.1. The number of benzene rings is 7. The number of fused-ring (bicyclic) bond motifs is 8. The maximum absolute atomic E-state index is 2.45. The van der Waals surface area contributed by atoms with Crippen molar-refractivity contribution in [1.29, 1.82) is 0 Å². The minimum Gasteiger partial charge on any atom is -0.316 e. The molecular weight excluding hydrogens is 571 g/mol. The quantitative estimate of drug-likeness (QED) is 0.191. The Morgan fingerprint density at radius 3 is 1.53 bits per heavy atom. The van der Waals surface area contributed by atoms with Gasteiger partial charge in [-0.1, -0.05) is 109 Å². The van der Waals surface area contributed by atoms with Crippen LogP contribution in [-0.2, 0) is 0 Å². The molecule has 3 nitrogen and oxygen atoms in total. The molecule has 3 aromatic heterocycles. The van der Waals surface area contributed by atoms with Crippen LogP contribution in [0.25, 0.3) is 82.7 Å². The number of nitrogens with zero attached hydrogens (tertiary/aromatic N) is 3. The van der Waals surface area contributed by atoms with Gasteiger partial charge < -0.3 is 13.7 Å². The van der Waals surface area contributed by atoms with Gasteiger partial charge in [-0.25, -0.2) is 0 Å². The van der Waals surface area contributed by atoms with E-state index in [1.54, 1.807) is 0 Å². The molecule has 0 fully saturated rings. The predicted octanol–water partition coefficient (Wildman–Crippen LogP) is 11.5. The Hall–Kier alpha value is -6.32. The van der Waals surface area contributed by atoms with Crippen LogP contribution in [-0.4, -0.2) is 13.7 Å². The van der Waals surface area contributed by atoms with Gasteiger partial charge in [0.1, 0.15) is 0 Å². The number of para-hydroxylation sites is 4. The average molecular weight is 600 g/mol. The summed E-state index contributed by atoms with van der Waals surface area (Å²) in [6, 6.07) is 61.5. The Bertz CT molecular complexity index is 2720. The molecule has 3 heterocycles. The normalized spacial score (nSPS) is 11.8. The van der Waals surface area contributed by atoms with Gasteiger partial charge in [-0.05, 0) is 71.8 Å². The van der Waals surface area contributed by atoms with Gasteiger partial charge in [0.15, 0.2) is 0 Å². The first kappa shape index (κ1) is 26.0. The lowest BCUT2D eigenvalue weighted by Gasteiger charge is -2.16. The fourth-order valence-electron chi connectivity index (χ4n) is 7.61. The zero-order chi connectivity index (χ0) is 30.9. The van der Waals surface area contributed by atoms with Crippen molar-refractivity contribution < 1.29 is 0 Å². The Balaban J connectivity index is 1.33. The molecule has 0 radical (unpaired) electrons. The summed E-state index contributed by atoms with van der Waals surface area (Å²) in [5, 5.41) is 6.25. The Morgan fingerprint density at radius 1 is 0.340 bits per heavy atom. The number of aromatic nitrogens is 3. The van der Waals surface area contributed by atoms with Gasteiger partial charge in [0.25, 0.3) is 0 Å². The van der Waals surface area contributed by atoms with Crippen molar-refractivity contribution in [3.8, 4) is 28.2 Å². The SMILES string of the molecule is c1ccc(-c2cc(-n3c4ccccc4c4ccccc43)cc(-n3c4ccccc4c4c5c(ccc43)ccn5-c3ccccc3)c2)cc1. The van der Waals surface area contributed by atoms with Gasteiger partial charge in [-0.15, -0.1) is 0 Å². The van der Waals surface area contributed by atoms with E-state index in [0.29, 0.717) is 0 Å². The smallest absolute Gasteiger partial charge is 0.0628 e. The fourth-order valence-corrected chi connectivity index (χ4v) is 7.61. The van der Waals surface area contributed by atoms with E-state index in [4.69, 9.17) is 0 Å². The van der Waals surface area contributed by atoms with Gasteiger partial charge in [-0.2, -0.15) is 0 Å². The van der Waals surface area contributed by atoms with Crippen molar-refractivity contribution in [2.75, 3.05) is 0 Å². The maximum atomic E-state index is 2.45. The molecule has 220 valence electrons. The molecule has 0 bridgehead atoms. The summed E-state index contributed by atoms with van der Waals surface area (Å²) in [7, 11) is 0. The second-order valence-electron chi connectivity index (χ2n) is 12.2. The minimum absolute atomic E-state index is 1.13. The summed E-state index contributed by atoms with van der Waals surface area (Å²) in [6.45, 7) is 0. The highest BCUT2D eigenvalue weighted by Crippen LogP contribution is 2.40. The van der Waals surface area contributed by atoms with Crippen LogP contribution in [0, 0.1) is 0 Å². The number of hydrogen-bond donors (Lipinski definition) is 0. The van der Waals surface area contributed by atoms with Crippen LogP contribution in [0.4, 0.5) is 0 Å². The Labute approximate surface area is 271 Å². The van der Waals surface area contributed by atoms with Crippen LogP contribution >= 0.6 is 0 Å². The van der Waals surface area contributed by atoms with E-state index in [9.17, 15) is 0 Å². The van der Waals surface area contributed by atoms with Crippen molar-refractivity contribution in [3.05, 3.63) is 176 Å². The van der Waals surface area contributed by atoms with Crippen molar-refractivity contribution in [2.45, 2.75) is 0 Å². The van der Waals surface area contributed by atoms with Crippen molar-refractivity contribution >= 4 is 54.5 Å². The van der Waals surface area contributed by atoms with Gasteiger partial charge in [0.05, 0.1) is 27.6 Å². The van der Waals surface area contributed by atoms with E-state index in [1.807, 2.05) is 0 Å². The van der Waals surface area contributed by atoms with Crippen LogP contribution in [0.5, 0.6) is 0 Å². The van der Waals surface area contributed by atoms with E-state index in [2.05, 4.69) is 190 Å². The molecule has 0 unspecified atom stereocenters. The maximum Gasteiger partial charge on any atom is 0.0628 e. The van der Waals surface area contributed by atoms with Gasteiger partial charge in [0.2, 0.25) is 0 Å². The van der Waals surface area contributed by atoms with Crippen LogP contribution < -0.4 is 0 Å². The van der Waals surface area contributed by atoms with Crippen molar-refractivity contribution in [1.82, 2.24) is 13.7 Å². The Morgan fingerprint density at radius 2 is 0.872 bits per heavy atom. The molecule has 0 amide bonds. The molecule has 10 aromatic rings. The first-order valence-corrected chi connectivity index (χ1v) is 16.1. The summed E-state index contributed by atoms with van der Waals surface area (Å²) < 4.78 is 7.21. The van der Waals surface area contributed by atoms with Crippen LogP contribution in [0.15, 0.2) is 176 Å². The average Bonchev–Trinajstić information content (AvgIpc) is 3.82. The molecule has 7 aromatic carbocycles. The van der Waals surface area contributed by atoms with E-state index >= 15 is 0 Å². The zero-order valence-electron chi connectivity index (χ0n) is 25.6. The highest BCUT2D eigenvalue weighted by atomic mass is 15.0. The molecule has 0 aliphatic heterocycles. The monoisotopic (exact) mass is 599 g/mol. The van der Waals surface area contributed by atoms with E-state index in [1.165, 1.54) is 65.6 Å². The summed E-state index contributed by atoms with van der Waals surface area (Å²) in [4.78, 5) is 0. The molecule has 3 heteroatoms. The summed E-state index contributed by atoms with van der Waals surface area (Å²) >= 11 is 0. The molecule has 0 atom stereocenters. The zero-order valence-corrected chi connectivity index (χ0v) is 25.6. The standard InChI is InChI=1S/C44H29N3/c1-3-13-30(14-4-1)32-27-34(46-39-20-10-7-17-36(39)37-18-8-11-21-40(37)46)29-35(28-32)47-41-22-12-9-19-38(41)43-42(47)24-23-31-25-26-45(44(31)43)33-15-5-2-6-16-33/h1-29H. The second-order valence-corrected chi connectivity index (χ2v) is 12.2. The lowest BCUT2D eigenvalue weighted by Crippen LogP contribution is -2.00. The molecule has 0 aliphatic carbocycles. The molecular formula is C44H29N3. The third-order valence-electron chi connectivity index (χ3n) is 9.63. The Kier molecular flexibility index (Phi) is 5.57. The molecule has 0 aliphatic rings. The predicted molar refractivity (Wildman–Crippen MR) is 197 cm³/mol. The topological polar surface area (TPSA) is 14.8 Å². The molecule has 0 saturated heterocycles. The molecule has 0 N–H and O–H groups in total. The number of rotatable bonds is 4. The molecule has 47 heavy (non-hydrogen) atoms. The van der Waals surface area contributed by atoms with E-state index in [-0.39, 0.29) is 0 Å². The van der Waals surface area contributed by atoms with Crippen molar-refractivity contribution in [3.63, 3.8) is 0 Å². The summed E-state index contributed by atoms with van der Waals surface area (Å²) in [5.74, 6) is 0. The van der Waals surface area contributed by atoms with Gasteiger partial charge >= 0.3 is 0 Å². The minimum atomic E-state index is 1.13. The highest BCUT2D eigenvalue weighted by Gasteiger charge is 2.20. The first-order chi connectivity index (χ1) is 23.3. The van der Waals surface area contributed by atoms with E-state index in [0.717, 1.165) is 17.1 Å². The highest BCUT2D eigenvalue weighted by molar-refractivity contribution is 6.21. The van der Waals surface area contributed by atoms with Gasteiger partial charge in [0, 0.05) is 50.2 Å². The molecule has 10 rings (SSSR count). The lowest BCUT2D eigenvalue weighted by molar-refractivity contribution is 1.13. The third kappa shape index (κ3) is 3.87. The van der Waals surface area contributed by atoms with Crippen LogP contribution in [0.1, 0.15) is 0 Å². The fraction of sp³-hybridized carbons (Fsp3) is 0. The van der Waals surface area contributed by atoms with Crippen LogP contribution in [0.3, 0.4) is 0 Å². The van der Waals surface area contributed by atoms with Crippen molar-refractivity contribution in [2.24, 2.45) is 0 Å². The lowest BCUT2D eigenvalue weighted by atomic mass is 10.0. The largest absolute Gasteiger partial charge is 0.316 e. The van der Waals surface area contributed by atoms with Gasteiger partial charge in [-0.3, -0.25) is 0 Å². The number of hydrogen-bond acceptors (Lipinski definition) is 0. The summed E-state index contributed by atoms with van der Waals surface area (Å²) in [6.07, 6.45) is 2.20. The van der Waals surface area contributed by atoms with Crippen LogP contribution in [0.2, 0.25) is 0 Å². The molecule has 0 spiro atoms. The van der Waals surface area contributed by atoms with E-state index < -0.39 is 0 Å². The molecule has 0 saturated carbocycles. The summed E-state index contributed by atoms with van der Waals surface area (Å²) in [5.41, 5.74) is 11.8. The third-order valence-corrected chi connectivity index (χ3v) is 9.63. The second kappa shape index (κ2) is 10.1.